The molecule has 0 bridgehead atoms. The van der Waals surface area contributed by atoms with E-state index in [2.05, 4.69) is 24.1 Å². The Hall–Kier alpha value is -1.39. The molecule has 1 aliphatic heterocycles. The minimum Gasteiger partial charge on any atom is -0.373 e. The van der Waals surface area contributed by atoms with Gasteiger partial charge in [0, 0.05) is 18.8 Å². The molecular weight excluding hydrogens is 264 g/mol. The number of morpholine rings is 1. The molecule has 0 aliphatic carbocycles. The van der Waals surface area contributed by atoms with Gasteiger partial charge in [-0.1, -0.05) is 18.2 Å². The number of benzene rings is 1. The van der Waals surface area contributed by atoms with E-state index in [-0.39, 0.29) is 24.2 Å². The van der Waals surface area contributed by atoms with E-state index in [1.54, 1.807) is 0 Å². The predicted molar refractivity (Wildman–Crippen MR) is 85.6 cm³/mol. The summed E-state index contributed by atoms with van der Waals surface area (Å²) in [4.78, 5) is 14.7. The van der Waals surface area contributed by atoms with Crippen molar-refractivity contribution < 1.29 is 9.53 Å². The molecule has 0 spiro atoms. The SMILES string of the molecule is Cc1cccc(C)c1NC(=O)[C@@H](C)N1C[C@@H](C)O[C@@H](C)C1. The van der Waals surface area contributed by atoms with Crippen LogP contribution in [0.1, 0.15) is 31.9 Å². The van der Waals surface area contributed by atoms with Gasteiger partial charge in [-0.2, -0.15) is 0 Å². The van der Waals surface area contributed by atoms with Crippen molar-refractivity contribution in [3.05, 3.63) is 29.3 Å². The summed E-state index contributed by atoms with van der Waals surface area (Å²) < 4.78 is 5.73. The van der Waals surface area contributed by atoms with Crippen LogP contribution in [0.15, 0.2) is 18.2 Å². The molecule has 1 aliphatic rings. The van der Waals surface area contributed by atoms with Crippen LogP contribution in [0.3, 0.4) is 0 Å². The number of hydrogen-bond donors (Lipinski definition) is 1. The summed E-state index contributed by atoms with van der Waals surface area (Å²) in [5, 5.41) is 3.08. The molecule has 0 saturated carbocycles. The highest BCUT2D eigenvalue weighted by Gasteiger charge is 2.29. The number of para-hydroxylation sites is 1. The summed E-state index contributed by atoms with van der Waals surface area (Å²) in [6.07, 6.45) is 0.341. The van der Waals surface area contributed by atoms with Gasteiger partial charge in [0.1, 0.15) is 0 Å². The Morgan fingerprint density at radius 1 is 1.24 bits per heavy atom. The van der Waals surface area contributed by atoms with Gasteiger partial charge in [0.15, 0.2) is 0 Å². The number of ether oxygens (including phenoxy) is 1. The number of nitrogens with zero attached hydrogens (tertiary/aromatic N) is 1. The lowest BCUT2D eigenvalue weighted by Crippen LogP contribution is -2.52. The first kappa shape index (κ1) is 16.0. The van der Waals surface area contributed by atoms with Crippen LogP contribution in [0.5, 0.6) is 0 Å². The van der Waals surface area contributed by atoms with Crippen molar-refractivity contribution in [3.63, 3.8) is 0 Å². The van der Waals surface area contributed by atoms with Crippen molar-refractivity contribution in [3.8, 4) is 0 Å². The highest BCUT2D eigenvalue weighted by Crippen LogP contribution is 2.21. The lowest BCUT2D eigenvalue weighted by atomic mass is 10.1. The minimum absolute atomic E-state index is 0.0497. The molecule has 4 nitrogen and oxygen atoms in total. The van der Waals surface area contributed by atoms with Gasteiger partial charge in [-0.25, -0.2) is 0 Å². The molecule has 0 aromatic heterocycles. The fourth-order valence-electron chi connectivity index (χ4n) is 2.94. The third-order valence-electron chi connectivity index (χ3n) is 4.10. The predicted octanol–water partition coefficient (Wildman–Crippen LogP) is 2.74. The smallest absolute Gasteiger partial charge is 0.241 e. The molecule has 2 rings (SSSR count). The van der Waals surface area contributed by atoms with Crippen molar-refractivity contribution in [2.24, 2.45) is 0 Å². The standard InChI is InChI=1S/C17H26N2O2/c1-11-7-6-8-12(2)16(11)18-17(20)15(5)19-9-13(3)21-14(4)10-19/h6-8,13-15H,9-10H2,1-5H3,(H,18,20)/t13-,14+,15-/m1/s1. The second-order valence-electron chi connectivity index (χ2n) is 6.14. The van der Waals surface area contributed by atoms with E-state index in [1.165, 1.54) is 0 Å². The van der Waals surface area contributed by atoms with Crippen molar-refractivity contribution >= 4 is 11.6 Å². The van der Waals surface area contributed by atoms with E-state index < -0.39 is 0 Å². The number of amides is 1. The molecule has 1 aromatic rings. The minimum atomic E-state index is -0.155. The molecule has 1 N–H and O–H groups in total. The third-order valence-corrected chi connectivity index (χ3v) is 4.10. The van der Waals surface area contributed by atoms with E-state index in [0.717, 1.165) is 29.9 Å². The number of anilines is 1. The Morgan fingerprint density at radius 2 is 1.76 bits per heavy atom. The summed E-state index contributed by atoms with van der Waals surface area (Å²) in [5.74, 6) is 0.0497. The molecule has 1 amide bonds. The molecule has 116 valence electrons. The van der Waals surface area contributed by atoms with Gasteiger partial charge < -0.3 is 10.1 Å². The topological polar surface area (TPSA) is 41.6 Å². The van der Waals surface area contributed by atoms with Crippen molar-refractivity contribution in [2.75, 3.05) is 18.4 Å². The van der Waals surface area contributed by atoms with Crippen molar-refractivity contribution in [1.29, 1.82) is 0 Å². The Morgan fingerprint density at radius 3 is 2.29 bits per heavy atom. The Bertz CT molecular complexity index is 485. The summed E-state index contributed by atoms with van der Waals surface area (Å²) in [7, 11) is 0. The van der Waals surface area contributed by atoms with Crippen LogP contribution in [0.2, 0.25) is 0 Å². The zero-order valence-corrected chi connectivity index (χ0v) is 13.6. The van der Waals surface area contributed by atoms with Crippen LogP contribution in [0.25, 0.3) is 0 Å². The highest BCUT2D eigenvalue weighted by molar-refractivity contribution is 5.95. The van der Waals surface area contributed by atoms with E-state index >= 15 is 0 Å². The maximum atomic E-state index is 12.5. The van der Waals surface area contributed by atoms with Crippen LogP contribution in [-0.4, -0.2) is 42.1 Å². The van der Waals surface area contributed by atoms with Gasteiger partial charge in [0.2, 0.25) is 5.91 Å². The maximum Gasteiger partial charge on any atom is 0.241 e. The summed E-state index contributed by atoms with van der Waals surface area (Å²) in [6.45, 7) is 11.7. The van der Waals surface area contributed by atoms with Crippen molar-refractivity contribution in [1.82, 2.24) is 4.90 Å². The first-order valence-electron chi connectivity index (χ1n) is 7.65. The molecule has 21 heavy (non-hydrogen) atoms. The Kier molecular flexibility index (Phi) is 5.01. The first-order chi connectivity index (χ1) is 9.88. The van der Waals surface area contributed by atoms with Gasteiger partial charge >= 0.3 is 0 Å². The van der Waals surface area contributed by atoms with E-state index in [0.29, 0.717) is 0 Å². The van der Waals surface area contributed by atoms with Crippen LogP contribution < -0.4 is 5.32 Å². The van der Waals surface area contributed by atoms with Crippen LogP contribution in [-0.2, 0) is 9.53 Å². The van der Waals surface area contributed by atoms with Gasteiger partial charge in [-0.3, -0.25) is 9.69 Å². The third kappa shape index (κ3) is 3.83. The van der Waals surface area contributed by atoms with E-state index in [9.17, 15) is 4.79 Å². The number of rotatable bonds is 3. The van der Waals surface area contributed by atoms with Crippen LogP contribution >= 0.6 is 0 Å². The zero-order valence-electron chi connectivity index (χ0n) is 13.6. The molecule has 1 saturated heterocycles. The van der Waals surface area contributed by atoms with Crippen LogP contribution in [0.4, 0.5) is 5.69 Å². The lowest BCUT2D eigenvalue weighted by molar-refractivity contribution is -0.126. The second kappa shape index (κ2) is 6.58. The van der Waals surface area contributed by atoms with Crippen LogP contribution in [0, 0.1) is 13.8 Å². The highest BCUT2D eigenvalue weighted by atomic mass is 16.5. The van der Waals surface area contributed by atoms with Gasteiger partial charge in [-0.05, 0) is 45.7 Å². The molecule has 1 fully saturated rings. The molecule has 3 atom stereocenters. The average molecular weight is 290 g/mol. The second-order valence-corrected chi connectivity index (χ2v) is 6.14. The quantitative estimate of drug-likeness (QED) is 0.930. The van der Waals surface area contributed by atoms with Gasteiger partial charge in [-0.15, -0.1) is 0 Å². The molecule has 0 radical (unpaired) electrons. The average Bonchev–Trinajstić information content (AvgIpc) is 2.41. The fraction of sp³-hybridized carbons (Fsp3) is 0.588. The largest absolute Gasteiger partial charge is 0.373 e. The fourth-order valence-corrected chi connectivity index (χ4v) is 2.94. The van der Waals surface area contributed by atoms with Gasteiger partial charge in [0.05, 0.1) is 18.2 Å². The molecule has 4 heteroatoms. The van der Waals surface area contributed by atoms with Crippen molar-refractivity contribution in [2.45, 2.75) is 52.9 Å². The Balaban J connectivity index is 2.06. The molecule has 0 unspecified atom stereocenters. The molecule has 1 heterocycles. The maximum absolute atomic E-state index is 12.5. The number of nitrogens with one attached hydrogen (secondary N) is 1. The number of hydrogen-bond acceptors (Lipinski definition) is 3. The monoisotopic (exact) mass is 290 g/mol. The summed E-state index contributed by atoms with van der Waals surface area (Å²) in [6, 6.07) is 5.89. The molecular formula is C17H26N2O2. The number of carbonyl (C=O) groups is 1. The van der Waals surface area contributed by atoms with Gasteiger partial charge in [0.25, 0.3) is 0 Å². The van der Waals surface area contributed by atoms with E-state index in [4.69, 9.17) is 4.74 Å². The summed E-state index contributed by atoms with van der Waals surface area (Å²) in [5.41, 5.74) is 3.13. The normalized spacial score (nSPS) is 24.6. The Labute approximate surface area is 127 Å². The number of aryl methyl sites for hydroxylation is 2. The number of carbonyl (C=O) groups excluding carboxylic acids is 1. The zero-order chi connectivity index (χ0) is 15.6. The molecule has 1 aromatic carbocycles. The summed E-state index contributed by atoms with van der Waals surface area (Å²) >= 11 is 0. The van der Waals surface area contributed by atoms with E-state index in [1.807, 2.05) is 39.0 Å². The first-order valence-corrected chi connectivity index (χ1v) is 7.65. The lowest BCUT2D eigenvalue weighted by Gasteiger charge is -2.38.